The topological polar surface area (TPSA) is 32.3 Å². The molecule has 0 aliphatic heterocycles. The van der Waals surface area contributed by atoms with Gasteiger partial charge >= 0.3 is 0 Å². The minimum atomic E-state index is -0.162. The molecule has 0 aliphatic carbocycles. The van der Waals surface area contributed by atoms with E-state index in [0.717, 1.165) is 25.9 Å². The zero-order valence-corrected chi connectivity index (χ0v) is 10.6. The number of nitrogens with one attached hydrogen (secondary N) is 1. The number of aliphatic hydroxyl groups excluding tert-OH is 1. The van der Waals surface area contributed by atoms with Gasteiger partial charge in [0.15, 0.2) is 0 Å². The largest absolute Gasteiger partial charge is 0.393 e. The SMILES string of the molecule is CCC(O)CCNCc1c(C)cccc1C. The van der Waals surface area contributed by atoms with E-state index in [2.05, 4.69) is 37.4 Å². The molecule has 1 rings (SSSR count). The maximum Gasteiger partial charge on any atom is 0.0549 e. The lowest BCUT2D eigenvalue weighted by Gasteiger charge is -2.12. The standard InChI is InChI=1S/C14H23NO/c1-4-13(16)8-9-15-10-14-11(2)6-5-7-12(14)3/h5-7,13,15-16H,4,8-10H2,1-3H3. The van der Waals surface area contributed by atoms with Crippen LogP contribution >= 0.6 is 0 Å². The summed E-state index contributed by atoms with van der Waals surface area (Å²) in [7, 11) is 0. The van der Waals surface area contributed by atoms with Gasteiger partial charge in [0, 0.05) is 6.54 Å². The lowest BCUT2D eigenvalue weighted by Crippen LogP contribution is -2.20. The fourth-order valence-corrected chi connectivity index (χ4v) is 1.81. The molecule has 1 unspecified atom stereocenters. The maximum atomic E-state index is 9.42. The zero-order valence-electron chi connectivity index (χ0n) is 10.6. The number of benzene rings is 1. The van der Waals surface area contributed by atoms with Crippen molar-refractivity contribution in [1.29, 1.82) is 0 Å². The van der Waals surface area contributed by atoms with Crippen molar-refractivity contribution in [3.63, 3.8) is 0 Å². The maximum absolute atomic E-state index is 9.42. The van der Waals surface area contributed by atoms with E-state index < -0.39 is 0 Å². The van der Waals surface area contributed by atoms with E-state index in [0.29, 0.717) is 0 Å². The van der Waals surface area contributed by atoms with Crippen molar-refractivity contribution in [1.82, 2.24) is 5.32 Å². The van der Waals surface area contributed by atoms with Gasteiger partial charge in [-0.3, -0.25) is 0 Å². The summed E-state index contributed by atoms with van der Waals surface area (Å²) in [5, 5.41) is 12.8. The lowest BCUT2D eigenvalue weighted by atomic mass is 10.0. The Morgan fingerprint density at radius 2 is 1.88 bits per heavy atom. The molecule has 2 heteroatoms. The third kappa shape index (κ3) is 3.95. The molecule has 1 atom stereocenters. The molecule has 2 nitrogen and oxygen atoms in total. The highest BCUT2D eigenvalue weighted by molar-refractivity contribution is 5.33. The van der Waals surface area contributed by atoms with Gasteiger partial charge in [0.2, 0.25) is 0 Å². The summed E-state index contributed by atoms with van der Waals surface area (Å²) in [5.41, 5.74) is 4.06. The van der Waals surface area contributed by atoms with Gasteiger partial charge in [-0.15, -0.1) is 0 Å². The van der Waals surface area contributed by atoms with Gasteiger partial charge in [0.1, 0.15) is 0 Å². The first-order valence-electron chi connectivity index (χ1n) is 6.09. The predicted octanol–water partition coefficient (Wildman–Crippen LogP) is 2.55. The van der Waals surface area contributed by atoms with Crippen LogP contribution in [-0.2, 0) is 6.54 Å². The highest BCUT2D eigenvalue weighted by Gasteiger charge is 2.02. The van der Waals surface area contributed by atoms with Crippen LogP contribution in [0.5, 0.6) is 0 Å². The van der Waals surface area contributed by atoms with Crippen molar-refractivity contribution in [2.75, 3.05) is 6.54 Å². The molecule has 0 saturated heterocycles. The molecule has 1 aromatic rings. The van der Waals surface area contributed by atoms with Gasteiger partial charge in [-0.05, 0) is 49.9 Å². The summed E-state index contributed by atoms with van der Waals surface area (Å²) < 4.78 is 0. The Hall–Kier alpha value is -0.860. The van der Waals surface area contributed by atoms with Crippen LogP contribution in [0.3, 0.4) is 0 Å². The van der Waals surface area contributed by atoms with Crippen molar-refractivity contribution in [2.45, 2.75) is 46.3 Å². The van der Waals surface area contributed by atoms with Crippen molar-refractivity contribution < 1.29 is 5.11 Å². The molecule has 2 N–H and O–H groups in total. The van der Waals surface area contributed by atoms with Crippen molar-refractivity contribution in [3.05, 3.63) is 34.9 Å². The first kappa shape index (κ1) is 13.2. The molecule has 0 bridgehead atoms. The van der Waals surface area contributed by atoms with Crippen LogP contribution in [0.25, 0.3) is 0 Å². The highest BCUT2D eigenvalue weighted by atomic mass is 16.3. The zero-order chi connectivity index (χ0) is 12.0. The molecule has 0 amide bonds. The van der Waals surface area contributed by atoms with Crippen LogP contribution in [0.15, 0.2) is 18.2 Å². The molecule has 90 valence electrons. The van der Waals surface area contributed by atoms with E-state index >= 15 is 0 Å². The van der Waals surface area contributed by atoms with Crippen molar-refractivity contribution >= 4 is 0 Å². The van der Waals surface area contributed by atoms with E-state index in [1.54, 1.807) is 0 Å². The third-order valence-corrected chi connectivity index (χ3v) is 3.07. The molecule has 1 aromatic carbocycles. The van der Waals surface area contributed by atoms with E-state index in [9.17, 15) is 5.11 Å². The fraction of sp³-hybridized carbons (Fsp3) is 0.571. The van der Waals surface area contributed by atoms with Gasteiger partial charge in [-0.25, -0.2) is 0 Å². The Morgan fingerprint density at radius 1 is 1.25 bits per heavy atom. The second kappa shape index (κ2) is 6.66. The molecule has 0 radical (unpaired) electrons. The third-order valence-electron chi connectivity index (χ3n) is 3.07. The Labute approximate surface area is 98.7 Å². The van der Waals surface area contributed by atoms with Gasteiger partial charge < -0.3 is 10.4 Å². The number of aliphatic hydroxyl groups is 1. The minimum absolute atomic E-state index is 0.162. The highest BCUT2D eigenvalue weighted by Crippen LogP contribution is 2.12. The second-order valence-corrected chi connectivity index (χ2v) is 4.40. The normalized spacial score (nSPS) is 12.8. The summed E-state index contributed by atoms with van der Waals surface area (Å²) in [6.07, 6.45) is 1.51. The van der Waals surface area contributed by atoms with Crippen LogP contribution in [-0.4, -0.2) is 17.8 Å². The van der Waals surface area contributed by atoms with Gasteiger partial charge in [-0.1, -0.05) is 25.1 Å². The molecule has 0 fully saturated rings. The van der Waals surface area contributed by atoms with Crippen LogP contribution in [0.1, 0.15) is 36.5 Å². The first-order valence-corrected chi connectivity index (χ1v) is 6.09. The number of hydrogen-bond donors (Lipinski definition) is 2. The molecular formula is C14H23NO. The molecule has 0 aromatic heterocycles. The van der Waals surface area contributed by atoms with Crippen LogP contribution in [0, 0.1) is 13.8 Å². The molecule has 0 saturated carbocycles. The summed E-state index contributed by atoms with van der Waals surface area (Å²) in [4.78, 5) is 0. The second-order valence-electron chi connectivity index (χ2n) is 4.40. The predicted molar refractivity (Wildman–Crippen MR) is 68.5 cm³/mol. The average molecular weight is 221 g/mol. The van der Waals surface area contributed by atoms with Crippen LogP contribution in [0.2, 0.25) is 0 Å². The summed E-state index contributed by atoms with van der Waals surface area (Å²) >= 11 is 0. The lowest BCUT2D eigenvalue weighted by molar-refractivity contribution is 0.159. The van der Waals surface area contributed by atoms with Crippen LogP contribution in [0.4, 0.5) is 0 Å². The van der Waals surface area contributed by atoms with Crippen LogP contribution < -0.4 is 5.32 Å². The summed E-state index contributed by atoms with van der Waals surface area (Å²) in [6.45, 7) is 8.07. The van der Waals surface area contributed by atoms with Crippen molar-refractivity contribution in [3.8, 4) is 0 Å². The number of rotatable bonds is 6. The molecule has 0 spiro atoms. The van der Waals surface area contributed by atoms with E-state index in [1.165, 1.54) is 16.7 Å². The fourth-order valence-electron chi connectivity index (χ4n) is 1.81. The Bertz CT molecular complexity index is 302. The van der Waals surface area contributed by atoms with Gasteiger partial charge in [-0.2, -0.15) is 0 Å². The average Bonchev–Trinajstić information content (AvgIpc) is 2.27. The van der Waals surface area contributed by atoms with Gasteiger partial charge in [0.05, 0.1) is 6.10 Å². The van der Waals surface area contributed by atoms with E-state index in [1.807, 2.05) is 6.92 Å². The monoisotopic (exact) mass is 221 g/mol. The Balaban J connectivity index is 2.37. The summed E-state index contributed by atoms with van der Waals surface area (Å²) in [6, 6.07) is 6.38. The molecule has 0 heterocycles. The quantitative estimate of drug-likeness (QED) is 0.724. The minimum Gasteiger partial charge on any atom is -0.393 e. The smallest absolute Gasteiger partial charge is 0.0549 e. The number of aryl methyl sites for hydroxylation is 2. The summed E-state index contributed by atoms with van der Waals surface area (Å²) in [5.74, 6) is 0. The van der Waals surface area contributed by atoms with Crippen molar-refractivity contribution in [2.24, 2.45) is 0 Å². The van der Waals surface area contributed by atoms with E-state index in [-0.39, 0.29) is 6.10 Å². The molecular weight excluding hydrogens is 198 g/mol. The van der Waals surface area contributed by atoms with Gasteiger partial charge in [0.25, 0.3) is 0 Å². The molecule has 16 heavy (non-hydrogen) atoms. The number of hydrogen-bond acceptors (Lipinski definition) is 2. The Kier molecular flexibility index (Phi) is 5.50. The molecule has 0 aliphatic rings. The first-order chi connectivity index (χ1) is 7.65. The van der Waals surface area contributed by atoms with E-state index in [4.69, 9.17) is 0 Å². The Morgan fingerprint density at radius 3 is 2.44 bits per heavy atom.